The van der Waals surface area contributed by atoms with Crippen LogP contribution in [0.1, 0.15) is 30.0 Å². The van der Waals surface area contributed by atoms with Crippen LogP contribution in [0.15, 0.2) is 17.0 Å². The molecule has 1 atom stereocenters. The minimum atomic E-state index is -3.42. The lowest BCUT2D eigenvalue weighted by atomic mass is 10.1. The summed E-state index contributed by atoms with van der Waals surface area (Å²) < 4.78 is 27.7. The molecule has 1 aromatic carbocycles. The number of rotatable bonds is 4. The molecular weight excluding hydrogens is 272 g/mol. The van der Waals surface area contributed by atoms with Crippen molar-refractivity contribution in [1.29, 1.82) is 0 Å². The van der Waals surface area contributed by atoms with Gasteiger partial charge in [0.25, 0.3) is 0 Å². The summed E-state index contributed by atoms with van der Waals surface area (Å²) in [6.07, 6.45) is 0.886. The van der Waals surface area contributed by atoms with Gasteiger partial charge < -0.3 is 5.32 Å². The average molecular weight is 296 g/mol. The van der Waals surface area contributed by atoms with Crippen molar-refractivity contribution in [3.05, 3.63) is 28.8 Å². The third-order valence-corrected chi connectivity index (χ3v) is 6.26. The molecule has 0 bridgehead atoms. The van der Waals surface area contributed by atoms with Gasteiger partial charge >= 0.3 is 0 Å². The van der Waals surface area contributed by atoms with E-state index < -0.39 is 10.0 Å². The van der Waals surface area contributed by atoms with Crippen LogP contribution < -0.4 is 5.32 Å². The lowest BCUT2D eigenvalue weighted by molar-refractivity contribution is 0.348. The summed E-state index contributed by atoms with van der Waals surface area (Å²) in [6.45, 7) is 9.83. The molecule has 2 rings (SSSR count). The molecule has 0 aromatic heterocycles. The summed E-state index contributed by atoms with van der Waals surface area (Å²) >= 11 is 0. The second-order valence-electron chi connectivity index (χ2n) is 5.58. The van der Waals surface area contributed by atoms with E-state index in [1.54, 1.807) is 4.31 Å². The van der Waals surface area contributed by atoms with Crippen LogP contribution in [0.5, 0.6) is 0 Å². The largest absolute Gasteiger partial charge is 0.315 e. The number of hydrogen-bond acceptors (Lipinski definition) is 3. The first kappa shape index (κ1) is 15.5. The van der Waals surface area contributed by atoms with Gasteiger partial charge in [0.1, 0.15) is 0 Å². The molecular formula is C15H24N2O2S. The van der Waals surface area contributed by atoms with Gasteiger partial charge in [0.15, 0.2) is 0 Å². The topological polar surface area (TPSA) is 49.4 Å². The lowest BCUT2D eigenvalue weighted by Crippen LogP contribution is -2.41. The third-order valence-electron chi connectivity index (χ3n) is 3.92. The van der Waals surface area contributed by atoms with Crippen LogP contribution in [0.3, 0.4) is 0 Å². The van der Waals surface area contributed by atoms with Crippen LogP contribution in [-0.4, -0.2) is 38.4 Å². The van der Waals surface area contributed by atoms with Crippen LogP contribution in [0, 0.1) is 20.8 Å². The average Bonchev–Trinajstić information content (AvgIpc) is 2.80. The van der Waals surface area contributed by atoms with Gasteiger partial charge in [-0.1, -0.05) is 24.6 Å². The van der Waals surface area contributed by atoms with E-state index in [2.05, 4.69) is 5.32 Å². The maximum Gasteiger partial charge on any atom is 0.243 e. The van der Waals surface area contributed by atoms with Gasteiger partial charge in [-0.15, -0.1) is 0 Å². The van der Waals surface area contributed by atoms with E-state index in [1.165, 1.54) is 0 Å². The molecule has 1 fully saturated rings. The summed E-state index contributed by atoms with van der Waals surface area (Å²) in [7, 11) is -3.42. The first-order chi connectivity index (χ1) is 9.37. The zero-order chi connectivity index (χ0) is 14.9. The third kappa shape index (κ3) is 2.75. The minimum absolute atomic E-state index is 0.0742. The minimum Gasteiger partial charge on any atom is -0.315 e. The summed E-state index contributed by atoms with van der Waals surface area (Å²) in [4.78, 5) is 0.483. The van der Waals surface area contributed by atoms with Crippen molar-refractivity contribution < 1.29 is 8.42 Å². The van der Waals surface area contributed by atoms with Gasteiger partial charge in [-0.05, 0) is 44.9 Å². The Balaban J connectivity index is 2.48. The van der Waals surface area contributed by atoms with Crippen LogP contribution in [-0.2, 0) is 10.0 Å². The van der Waals surface area contributed by atoms with E-state index in [0.717, 1.165) is 36.2 Å². The molecule has 20 heavy (non-hydrogen) atoms. The molecule has 0 aliphatic carbocycles. The Morgan fingerprint density at radius 2 is 1.85 bits per heavy atom. The maximum absolute atomic E-state index is 13.0. The van der Waals surface area contributed by atoms with Crippen LogP contribution in [0.4, 0.5) is 0 Å². The van der Waals surface area contributed by atoms with Gasteiger partial charge in [0.05, 0.1) is 4.90 Å². The Hall–Kier alpha value is -0.910. The molecule has 1 N–H and O–H groups in total. The number of nitrogens with zero attached hydrogens (tertiary/aromatic N) is 1. The summed E-state index contributed by atoms with van der Waals surface area (Å²) in [5.41, 5.74) is 2.78. The molecule has 0 amide bonds. The molecule has 1 aromatic rings. The normalized spacial score (nSPS) is 19.8. The molecule has 1 heterocycles. The van der Waals surface area contributed by atoms with Crippen molar-refractivity contribution in [2.24, 2.45) is 0 Å². The molecule has 1 saturated heterocycles. The number of aryl methyl sites for hydroxylation is 3. The van der Waals surface area contributed by atoms with Crippen molar-refractivity contribution >= 4 is 10.0 Å². The fourth-order valence-corrected chi connectivity index (χ4v) is 5.28. The smallest absolute Gasteiger partial charge is 0.243 e. The van der Waals surface area contributed by atoms with Crippen molar-refractivity contribution in [2.75, 3.05) is 19.6 Å². The molecule has 5 heteroatoms. The Morgan fingerprint density at radius 3 is 2.30 bits per heavy atom. The van der Waals surface area contributed by atoms with Gasteiger partial charge in [0.2, 0.25) is 10.0 Å². The highest BCUT2D eigenvalue weighted by atomic mass is 32.2. The monoisotopic (exact) mass is 296 g/mol. The zero-order valence-corrected chi connectivity index (χ0v) is 13.5. The fraction of sp³-hybridized carbons (Fsp3) is 0.600. The number of sulfonamides is 1. The Labute approximate surface area is 122 Å². The quantitative estimate of drug-likeness (QED) is 0.924. The van der Waals surface area contributed by atoms with Crippen molar-refractivity contribution in [3.8, 4) is 0 Å². The fourth-order valence-electron chi connectivity index (χ4n) is 3.20. The van der Waals surface area contributed by atoms with Gasteiger partial charge in [0, 0.05) is 19.1 Å². The number of hydrogen-bond donors (Lipinski definition) is 1. The molecule has 112 valence electrons. The van der Waals surface area contributed by atoms with Crippen molar-refractivity contribution in [3.63, 3.8) is 0 Å². The Morgan fingerprint density at radius 1 is 1.25 bits per heavy atom. The van der Waals surface area contributed by atoms with E-state index in [1.807, 2.05) is 39.8 Å². The molecule has 0 radical (unpaired) electrons. The summed E-state index contributed by atoms with van der Waals surface area (Å²) in [5, 5.41) is 3.24. The molecule has 4 nitrogen and oxygen atoms in total. The van der Waals surface area contributed by atoms with Crippen molar-refractivity contribution in [1.82, 2.24) is 9.62 Å². The summed E-state index contributed by atoms with van der Waals surface area (Å²) in [6, 6.07) is 3.96. The van der Waals surface area contributed by atoms with Crippen molar-refractivity contribution in [2.45, 2.75) is 45.1 Å². The molecule has 0 saturated carbocycles. The van der Waals surface area contributed by atoms with E-state index >= 15 is 0 Å². The number of nitrogens with one attached hydrogen (secondary N) is 1. The van der Waals surface area contributed by atoms with E-state index in [4.69, 9.17) is 0 Å². The highest BCUT2D eigenvalue weighted by molar-refractivity contribution is 7.89. The standard InChI is InChI=1S/C15H24N2O2S/c1-5-17(14-6-7-16-10-14)20(18,19)15-12(3)8-11(2)9-13(15)4/h8-9,14,16H,5-7,10H2,1-4H3. The van der Waals surface area contributed by atoms with Gasteiger partial charge in [-0.2, -0.15) is 4.31 Å². The van der Waals surface area contributed by atoms with Gasteiger partial charge in [-0.25, -0.2) is 8.42 Å². The number of benzene rings is 1. The zero-order valence-electron chi connectivity index (χ0n) is 12.7. The maximum atomic E-state index is 13.0. The highest BCUT2D eigenvalue weighted by Gasteiger charge is 2.33. The first-order valence-corrected chi connectivity index (χ1v) is 8.62. The first-order valence-electron chi connectivity index (χ1n) is 7.18. The van der Waals surface area contributed by atoms with Crippen LogP contribution >= 0.6 is 0 Å². The second kappa shape index (κ2) is 5.84. The summed E-state index contributed by atoms with van der Waals surface area (Å²) in [5.74, 6) is 0. The van der Waals surface area contributed by atoms with E-state index in [0.29, 0.717) is 11.4 Å². The van der Waals surface area contributed by atoms with Crippen LogP contribution in [0.2, 0.25) is 0 Å². The lowest BCUT2D eigenvalue weighted by Gasteiger charge is -2.28. The molecule has 1 unspecified atom stereocenters. The van der Waals surface area contributed by atoms with Crippen LogP contribution in [0.25, 0.3) is 0 Å². The molecule has 1 aliphatic heterocycles. The predicted molar refractivity (Wildman–Crippen MR) is 81.5 cm³/mol. The van der Waals surface area contributed by atoms with E-state index in [9.17, 15) is 8.42 Å². The SMILES string of the molecule is CCN(C1CCNC1)S(=O)(=O)c1c(C)cc(C)cc1C. The highest BCUT2D eigenvalue weighted by Crippen LogP contribution is 2.27. The van der Waals surface area contributed by atoms with Gasteiger partial charge in [-0.3, -0.25) is 0 Å². The predicted octanol–water partition coefficient (Wildman–Crippen LogP) is 1.98. The molecule has 0 spiro atoms. The number of likely N-dealkylation sites (N-methyl/N-ethyl adjacent to an activating group) is 1. The second-order valence-corrected chi connectivity index (χ2v) is 7.41. The van der Waals surface area contributed by atoms with E-state index in [-0.39, 0.29) is 6.04 Å². The Kier molecular flexibility index (Phi) is 4.52. The Bertz CT molecular complexity index is 567. The molecule has 1 aliphatic rings.